The zero-order chi connectivity index (χ0) is 33.7. The minimum atomic E-state index is -1.11. The third-order valence-electron chi connectivity index (χ3n) is 8.72. The number of aliphatic hydroxyl groups excluding tert-OH is 1. The van der Waals surface area contributed by atoms with Gasteiger partial charge in [0.05, 0.1) is 49.6 Å². The second-order valence-electron chi connectivity index (χ2n) is 13.3. The predicted octanol–water partition coefficient (Wildman–Crippen LogP) is 3.91. The Kier molecular flexibility index (Phi) is 10.9. The topological polar surface area (TPSA) is 136 Å². The lowest BCUT2D eigenvalue weighted by molar-refractivity contribution is -0.0566. The summed E-state index contributed by atoms with van der Waals surface area (Å²) < 4.78 is 27.8. The molecule has 12 heteroatoms. The van der Waals surface area contributed by atoms with E-state index in [1.807, 2.05) is 30.0 Å². The number of rotatable bonds is 10. The van der Waals surface area contributed by atoms with Crippen LogP contribution < -0.4 is 14.8 Å². The van der Waals surface area contributed by atoms with Gasteiger partial charge in [0.25, 0.3) is 11.8 Å². The molecule has 2 aromatic rings. The molecule has 0 aliphatic carbocycles. The zero-order valence-electron chi connectivity index (χ0n) is 28.0. The number of aliphatic hydroxyl groups is 1. The Morgan fingerprint density at radius 3 is 2.47 bits per heavy atom. The van der Waals surface area contributed by atoms with Crippen LogP contribution in [0.25, 0.3) is 0 Å². The van der Waals surface area contributed by atoms with Gasteiger partial charge in [0.2, 0.25) is 0 Å². The number of morpholine rings is 1. The van der Waals surface area contributed by atoms with Gasteiger partial charge in [-0.2, -0.15) is 0 Å². The van der Waals surface area contributed by atoms with E-state index >= 15 is 0 Å². The van der Waals surface area contributed by atoms with Crippen molar-refractivity contribution in [3.63, 3.8) is 0 Å². The Balaban J connectivity index is 1.30. The van der Waals surface area contributed by atoms with E-state index in [0.29, 0.717) is 37.6 Å². The summed E-state index contributed by atoms with van der Waals surface area (Å²) in [5.41, 5.74) is 1.78. The highest BCUT2D eigenvalue weighted by Crippen LogP contribution is 2.32. The second-order valence-corrected chi connectivity index (χ2v) is 13.3. The molecular weight excluding hydrogens is 606 g/mol. The predicted molar refractivity (Wildman–Crippen MR) is 173 cm³/mol. The average Bonchev–Trinajstić information content (AvgIpc) is 3.04. The van der Waals surface area contributed by atoms with Gasteiger partial charge < -0.3 is 39.0 Å². The number of carbonyl (C=O) groups is 3. The van der Waals surface area contributed by atoms with E-state index < -0.39 is 29.7 Å². The molecule has 0 unspecified atom stereocenters. The maximum Gasteiger partial charge on any atom is 0.410 e. The summed E-state index contributed by atoms with van der Waals surface area (Å²) in [7, 11) is 1.54. The Morgan fingerprint density at radius 2 is 1.79 bits per heavy atom. The van der Waals surface area contributed by atoms with Crippen molar-refractivity contribution >= 4 is 17.9 Å². The minimum Gasteiger partial charge on any atom is -0.493 e. The fraction of sp³-hybridized carbons (Fsp3) is 0.571. The Hall–Kier alpha value is -3.87. The first kappa shape index (κ1) is 34.5. The third-order valence-corrected chi connectivity index (χ3v) is 8.72. The summed E-state index contributed by atoms with van der Waals surface area (Å²) in [6.07, 6.45) is 1.56. The molecule has 0 aromatic heterocycles. The molecule has 5 rings (SSSR count). The van der Waals surface area contributed by atoms with E-state index in [4.69, 9.17) is 23.7 Å². The van der Waals surface area contributed by atoms with Crippen LogP contribution in [-0.2, 0) is 27.2 Å². The van der Waals surface area contributed by atoms with Gasteiger partial charge in [-0.05, 0) is 94.8 Å². The first-order valence-electron chi connectivity index (χ1n) is 16.4. The number of nitrogens with one attached hydrogen (secondary N) is 1. The van der Waals surface area contributed by atoms with Crippen molar-refractivity contribution in [3.8, 4) is 11.5 Å². The molecule has 2 bridgehead atoms. The van der Waals surface area contributed by atoms with Gasteiger partial charge in [-0.15, -0.1) is 0 Å². The number of hydrogen-bond acceptors (Lipinski definition) is 9. The molecular formula is C35H47N3O9. The molecule has 3 heterocycles. The molecule has 0 saturated carbocycles. The second kappa shape index (κ2) is 14.9. The summed E-state index contributed by atoms with van der Waals surface area (Å²) in [5, 5.41) is 14.2. The van der Waals surface area contributed by atoms with Gasteiger partial charge in [-0.25, -0.2) is 4.79 Å². The van der Waals surface area contributed by atoms with Crippen molar-refractivity contribution in [2.45, 2.75) is 89.8 Å². The van der Waals surface area contributed by atoms with Crippen LogP contribution in [0.5, 0.6) is 11.5 Å². The molecule has 2 fully saturated rings. The van der Waals surface area contributed by atoms with Gasteiger partial charge in [-0.1, -0.05) is 6.07 Å². The normalized spacial score (nSPS) is 21.4. The number of amides is 3. The Morgan fingerprint density at radius 1 is 1.04 bits per heavy atom. The highest BCUT2D eigenvalue weighted by molar-refractivity contribution is 6.00. The number of carbonyl (C=O) groups excluding carboxylic acids is 3. The Bertz CT molecular complexity index is 1420. The van der Waals surface area contributed by atoms with E-state index in [1.54, 1.807) is 39.0 Å². The van der Waals surface area contributed by atoms with Crippen molar-refractivity contribution in [2.24, 2.45) is 0 Å². The summed E-state index contributed by atoms with van der Waals surface area (Å²) in [6, 6.07) is 9.87. The summed E-state index contributed by atoms with van der Waals surface area (Å²) in [5.74, 6) is 0.335. The van der Waals surface area contributed by atoms with Crippen molar-refractivity contribution in [1.82, 2.24) is 15.1 Å². The molecule has 0 spiro atoms. The standard InChI is InChI=1S/C35H47N3O9/c1-6-45-31-16-23(33(41)38-25-8-7-9-26(38)20-44-19-25)11-13-28(31)32(40)36-17-30(39)29-15-22-10-12-27(46-21-43-5)14-24(22)18-37(29)34(42)47-35(2,3)4/h10-14,16,25-26,29-30,39H,6-9,15,17-21H2,1-5H3,(H,36,40)/t25-,26+,29-,30+/m0/s1. The van der Waals surface area contributed by atoms with E-state index in [-0.39, 0.29) is 49.2 Å². The minimum absolute atomic E-state index is 0.0491. The molecule has 3 aliphatic rings. The molecule has 256 valence electrons. The molecule has 2 N–H and O–H groups in total. The number of nitrogens with zero attached hydrogens (tertiary/aromatic N) is 2. The van der Waals surface area contributed by atoms with Crippen LogP contribution in [0.2, 0.25) is 0 Å². The number of piperidine rings is 1. The fourth-order valence-electron chi connectivity index (χ4n) is 6.53. The quantitative estimate of drug-likeness (QED) is 0.366. The van der Waals surface area contributed by atoms with E-state index in [1.165, 1.54) is 12.0 Å². The first-order chi connectivity index (χ1) is 22.5. The van der Waals surface area contributed by atoms with Crippen molar-refractivity contribution in [3.05, 3.63) is 58.7 Å². The molecule has 3 amide bonds. The fourth-order valence-corrected chi connectivity index (χ4v) is 6.53. The highest BCUT2D eigenvalue weighted by Gasteiger charge is 2.39. The summed E-state index contributed by atoms with van der Waals surface area (Å²) in [4.78, 5) is 43.8. The number of fused-ring (bicyclic) bond motifs is 3. The Labute approximate surface area is 276 Å². The number of ether oxygens (including phenoxy) is 5. The number of methoxy groups -OCH3 is 1. The van der Waals surface area contributed by atoms with Crippen molar-refractivity contribution < 1.29 is 43.2 Å². The van der Waals surface area contributed by atoms with Gasteiger partial charge in [0.15, 0.2) is 6.79 Å². The molecule has 12 nitrogen and oxygen atoms in total. The van der Waals surface area contributed by atoms with E-state index in [2.05, 4.69) is 5.32 Å². The van der Waals surface area contributed by atoms with E-state index in [0.717, 1.165) is 30.4 Å². The lowest BCUT2D eigenvalue weighted by Crippen LogP contribution is -2.57. The largest absolute Gasteiger partial charge is 0.493 e. The van der Waals surface area contributed by atoms with Crippen LogP contribution in [0.15, 0.2) is 36.4 Å². The molecule has 0 radical (unpaired) electrons. The highest BCUT2D eigenvalue weighted by atomic mass is 16.7. The van der Waals surface area contributed by atoms with Crippen LogP contribution in [0.4, 0.5) is 4.79 Å². The SMILES string of the molecule is CCOc1cc(C(=O)N2[C@@H]3CCC[C@H]2COC3)ccc1C(=O)NC[C@@H](O)[C@@H]1Cc2ccc(OCOC)cc2CN1C(=O)OC(C)(C)C. The van der Waals surface area contributed by atoms with E-state index in [9.17, 15) is 19.5 Å². The lowest BCUT2D eigenvalue weighted by Gasteiger charge is -2.45. The van der Waals surface area contributed by atoms with Crippen LogP contribution in [0, 0.1) is 0 Å². The van der Waals surface area contributed by atoms with Crippen molar-refractivity contribution in [2.75, 3.05) is 40.3 Å². The van der Waals surface area contributed by atoms with Gasteiger partial charge in [-0.3, -0.25) is 14.5 Å². The average molecular weight is 654 g/mol. The molecule has 2 saturated heterocycles. The maximum atomic E-state index is 13.6. The third kappa shape index (κ3) is 8.17. The maximum absolute atomic E-state index is 13.6. The molecule has 47 heavy (non-hydrogen) atoms. The van der Waals surface area contributed by atoms with Crippen LogP contribution >= 0.6 is 0 Å². The first-order valence-corrected chi connectivity index (χ1v) is 16.4. The number of hydrogen-bond donors (Lipinski definition) is 2. The monoisotopic (exact) mass is 653 g/mol. The smallest absolute Gasteiger partial charge is 0.410 e. The molecule has 3 aliphatic heterocycles. The zero-order valence-corrected chi connectivity index (χ0v) is 28.0. The summed E-state index contributed by atoms with van der Waals surface area (Å²) >= 11 is 0. The van der Waals surface area contributed by atoms with Crippen LogP contribution in [0.3, 0.4) is 0 Å². The van der Waals surface area contributed by atoms with Gasteiger partial charge in [0.1, 0.15) is 17.1 Å². The van der Waals surface area contributed by atoms with Crippen molar-refractivity contribution in [1.29, 1.82) is 0 Å². The number of benzene rings is 2. The van der Waals surface area contributed by atoms with Gasteiger partial charge >= 0.3 is 6.09 Å². The van der Waals surface area contributed by atoms with Crippen LogP contribution in [-0.4, -0.2) is 103 Å². The molecule has 2 aromatic carbocycles. The van der Waals surface area contributed by atoms with Gasteiger partial charge in [0, 0.05) is 25.8 Å². The lowest BCUT2D eigenvalue weighted by atomic mass is 9.91. The summed E-state index contributed by atoms with van der Waals surface area (Å²) in [6.45, 7) is 8.69. The molecule has 4 atom stereocenters. The van der Waals surface area contributed by atoms with Crippen LogP contribution in [0.1, 0.15) is 78.8 Å².